The van der Waals surface area contributed by atoms with Crippen molar-refractivity contribution >= 4 is 0 Å². The first kappa shape index (κ1) is 46.0. The van der Waals surface area contributed by atoms with E-state index in [0.29, 0.717) is 0 Å². The average Bonchev–Trinajstić information content (AvgIpc) is 3.19. The zero-order chi connectivity index (χ0) is 41.3. The third-order valence-electron chi connectivity index (χ3n) is 10.3. The van der Waals surface area contributed by atoms with Crippen molar-refractivity contribution in [2.45, 2.75) is 154 Å². The van der Waals surface area contributed by atoms with Crippen LogP contribution in [0.25, 0.3) is 0 Å². The Kier molecular flexibility index (Phi) is 16.1. The van der Waals surface area contributed by atoms with E-state index in [1.54, 1.807) is 0 Å². The predicted octanol–water partition coefficient (Wildman–Crippen LogP) is -11.9. The fourth-order valence-corrected chi connectivity index (χ4v) is 6.86. The standard InChI is InChI=1S/C30H52O26/c31-1-6-11(35)17(41)22(46)27(50-6)54-24-19(43)13(37)8(3-33)52-29(24)56-25-20(44)14(38)9(4-34)53-30(25)55-23-18(42)12(36)7(2-32)51-28(23)48-5-10-15(39)16(40)21(45)26(47)49-10/h6-47H,1-5H2/t6-,7-,8-,9-,10-,11-,12-,13-,14-,15-,16+,17+,18+,19+,20+,21+,22+,23+,24+,25+,26?,27-,28+,29-,30-/m1/s1. The van der Waals surface area contributed by atoms with Crippen LogP contribution in [0.4, 0.5) is 0 Å². The first-order chi connectivity index (χ1) is 26.5. The van der Waals surface area contributed by atoms with Crippen molar-refractivity contribution in [2.75, 3.05) is 33.0 Å². The molecule has 5 saturated heterocycles. The van der Waals surface area contributed by atoms with Crippen LogP contribution in [0.5, 0.6) is 0 Å². The fraction of sp³-hybridized carbons (Fsp3) is 1.00. The SMILES string of the molecule is OC[C@H]1O[C@H](O[C@@H]2[C@@H](O[C@@H]3[C@@H](O[C@@H]4[C@@H](OC[C@H]5OC(O)[C@@H](O)[C@@H](O)[C@@H]5O)O[C@H](CO)[C@@H](O)[C@@H]4O)O[C@H](CO)[C@@H](O)[C@@H]3O)O[C@H](CO)[C@@H](O)[C@@H]2O)[C@@H](O)[C@@H](O)[C@@H]1O. The van der Waals surface area contributed by atoms with E-state index in [9.17, 15) is 86.8 Å². The quantitative estimate of drug-likeness (QED) is 0.0819. The van der Waals surface area contributed by atoms with Crippen LogP contribution in [0.3, 0.4) is 0 Å². The Morgan fingerprint density at radius 3 is 1.05 bits per heavy atom. The van der Waals surface area contributed by atoms with Gasteiger partial charge in [-0.15, -0.1) is 0 Å². The van der Waals surface area contributed by atoms with Gasteiger partial charge in [-0.25, -0.2) is 0 Å². The summed E-state index contributed by atoms with van der Waals surface area (Å²) in [7, 11) is 0. The van der Waals surface area contributed by atoms with Crippen molar-refractivity contribution in [3.63, 3.8) is 0 Å². The highest BCUT2D eigenvalue weighted by Gasteiger charge is 2.56. The molecule has 0 amide bonds. The average molecular weight is 829 g/mol. The van der Waals surface area contributed by atoms with E-state index in [2.05, 4.69) is 0 Å². The van der Waals surface area contributed by atoms with E-state index in [4.69, 9.17) is 42.6 Å². The van der Waals surface area contributed by atoms with Gasteiger partial charge in [-0.05, 0) is 0 Å². The van der Waals surface area contributed by atoms with Crippen molar-refractivity contribution in [2.24, 2.45) is 0 Å². The van der Waals surface area contributed by atoms with Gasteiger partial charge in [0.1, 0.15) is 122 Å². The van der Waals surface area contributed by atoms with Crippen molar-refractivity contribution in [3.05, 3.63) is 0 Å². The van der Waals surface area contributed by atoms with Crippen LogP contribution in [-0.4, -0.2) is 273 Å². The molecule has 0 spiro atoms. The van der Waals surface area contributed by atoms with Gasteiger partial charge < -0.3 is 129 Å². The molecule has 56 heavy (non-hydrogen) atoms. The molecule has 0 aromatic rings. The maximum atomic E-state index is 11.3. The van der Waals surface area contributed by atoms with Gasteiger partial charge in [0.15, 0.2) is 31.5 Å². The molecule has 328 valence electrons. The number of hydrogen-bond acceptors (Lipinski definition) is 26. The number of aliphatic hydroxyl groups is 17. The third-order valence-corrected chi connectivity index (χ3v) is 10.3. The van der Waals surface area contributed by atoms with Crippen LogP contribution < -0.4 is 0 Å². The van der Waals surface area contributed by atoms with E-state index in [1.807, 2.05) is 0 Å². The van der Waals surface area contributed by atoms with Crippen LogP contribution in [0.15, 0.2) is 0 Å². The molecule has 0 aromatic carbocycles. The lowest BCUT2D eigenvalue weighted by molar-refractivity contribution is -0.407. The van der Waals surface area contributed by atoms with Crippen LogP contribution in [0.1, 0.15) is 0 Å². The minimum Gasteiger partial charge on any atom is -0.394 e. The summed E-state index contributed by atoms with van der Waals surface area (Å²) >= 11 is 0. The highest BCUT2D eigenvalue weighted by molar-refractivity contribution is 4.98. The molecular weight excluding hydrogens is 776 g/mol. The summed E-state index contributed by atoms with van der Waals surface area (Å²) in [5.74, 6) is 0. The molecule has 25 atom stereocenters. The number of ether oxygens (including phenoxy) is 9. The van der Waals surface area contributed by atoms with Gasteiger partial charge in [0, 0.05) is 0 Å². The lowest BCUT2D eigenvalue weighted by Gasteiger charge is -2.49. The Bertz CT molecular complexity index is 1210. The normalized spacial score (nSPS) is 53.2. The maximum Gasteiger partial charge on any atom is 0.187 e. The monoisotopic (exact) mass is 828 g/mol. The maximum absolute atomic E-state index is 11.3. The molecule has 5 rings (SSSR count). The summed E-state index contributed by atoms with van der Waals surface area (Å²) in [5, 5.41) is 176. The van der Waals surface area contributed by atoms with Gasteiger partial charge in [0.2, 0.25) is 0 Å². The molecule has 0 saturated carbocycles. The summed E-state index contributed by atoms with van der Waals surface area (Å²) in [6.07, 6.45) is -47.3. The first-order valence-electron chi connectivity index (χ1n) is 17.6. The summed E-state index contributed by atoms with van der Waals surface area (Å²) in [5.41, 5.74) is 0. The molecule has 5 fully saturated rings. The van der Waals surface area contributed by atoms with Gasteiger partial charge in [-0.2, -0.15) is 0 Å². The lowest BCUT2D eigenvalue weighted by atomic mass is 9.96. The van der Waals surface area contributed by atoms with Gasteiger partial charge in [0.25, 0.3) is 0 Å². The zero-order valence-electron chi connectivity index (χ0n) is 29.2. The van der Waals surface area contributed by atoms with Crippen molar-refractivity contribution < 1.29 is 129 Å². The second kappa shape index (κ2) is 19.6. The Morgan fingerprint density at radius 1 is 0.304 bits per heavy atom. The minimum atomic E-state index is -2.13. The number of rotatable bonds is 13. The van der Waals surface area contributed by atoms with Crippen LogP contribution in [0, 0.1) is 0 Å². The molecular formula is C30H52O26. The number of hydrogen-bond donors (Lipinski definition) is 17. The van der Waals surface area contributed by atoms with E-state index in [-0.39, 0.29) is 0 Å². The highest BCUT2D eigenvalue weighted by Crippen LogP contribution is 2.35. The van der Waals surface area contributed by atoms with Crippen LogP contribution >= 0.6 is 0 Å². The van der Waals surface area contributed by atoms with E-state index in [0.717, 1.165) is 0 Å². The van der Waals surface area contributed by atoms with Crippen LogP contribution in [0.2, 0.25) is 0 Å². The topological polar surface area (TPSA) is 427 Å². The summed E-state index contributed by atoms with van der Waals surface area (Å²) < 4.78 is 50.2. The van der Waals surface area contributed by atoms with Crippen molar-refractivity contribution in [3.8, 4) is 0 Å². The van der Waals surface area contributed by atoms with Gasteiger partial charge in [-0.1, -0.05) is 0 Å². The number of aliphatic hydroxyl groups excluding tert-OH is 17. The Balaban J connectivity index is 1.42. The zero-order valence-corrected chi connectivity index (χ0v) is 29.2. The molecule has 5 heterocycles. The fourth-order valence-electron chi connectivity index (χ4n) is 6.86. The van der Waals surface area contributed by atoms with Crippen molar-refractivity contribution in [1.82, 2.24) is 0 Å². The van der Waals surface area contributed by atoms with Gasteiger partial charge >= 0.3 is 0 Å². The molecule has 1 unspecified atom stereocenters. The van der Waals surface area contributed by atoms with E-state index < -0.39 is 187 Å². The Hall–Kier alpha value is -1.04. The molecule has 17 N–H and O–H groups in total. The highest BCUT2D eigenvalue weighted by atomic mass is 16.8. The molecule has 5 aliphatic rings. The molecule has 0 aliphatic carbocycles. The minimum absolute atomic E-state index is 0.769. The smallest absolute Gasteiger partial charge is 0.187 e. The van der Waals surface area contributed by atoms with Crippen LogP contribution in [-0.2, 0) is 42.6 Å². The third kappa shape index (κ3) is 9.31. The molecule has 0 bridgehead atoms. The molecule has 26 nitrogen and oxygen atoms in total. The molecule has 0 aromatic heterocycles. The molecule has 5 aliphatic heterocycles. The lowest BCUT2D eigenvalue weighted by Crippen LogP contribution is -2.68. The second-order valence-corrected chi connectivity index (χ2v) is 14.0. The van der Waals surface area contributed by atoms with E-state index in [1.165, 1.54) is 0 Å². The summed E-state index contributed by atoms with van der Waals surface area (Å²) in [4.78, 5) is 0. The van der Waals surface area contributed by atoms with Gasteiger partial charge in [-0.3, -0.25) is 0 Å². The Morgan fingerprint density at radius 2 is 0.625 bits per heavy atom. The summed E-state index contributed by atoms with van der Waals surface area (Å²) in [6.45, 7) is -4.46. The molecule has 26 heteroatoms. The Labute approximate surface area is 316 Å². The largest absolute Gasteiger partial charge is 0.394 e. The first-order valence-corrected chi connectivity index (χ1v) is 17.6. The predicted molar refractivity (Wildman–Crippen MR) is 167 cm³/mol. The molecule has 0 radical (unpaired) electrons. The van der Waals surface area contributed by atoms with Crippen molar-refractivity contribution in [1.29, 1.82) is 0 Å². The summed E-state index contributed by atoms with van der Waals surface area (Å²) in [6, 6.07) is 0. The van der Waals surface area contributed by atoms with Gasteiger partial charge in [0.05, 0.1) is 33.0 Å². The van der Waals surface area contributed by atoms with E-state index >= 15 is 0 Å². The second-order valence-electron chi connectivity index (χ2n) is 14.0.